The van der Waals surface area contributed by atoms with Gasteiger partial charge < -0.3 is 15.8 Å². The van der Waals surface area contributed by atoms with Crippen LogP contribution in [0, 0.1) is 5.92 Å². The molecule has 0 bridgehead atoms. The monoisotopic (exact) mass is 214 g/mol. The van der Waals surface area contributed by atoms with Crippen molar-refractivity contribution >= 4 is 5.91 Å². The highest BCUT2D eigenvalue weighted by atomic mass is 16.5. The first kappa shape index (κ1) is 12.5. The second-order valence-corrected chi connectivity index (χ2v) is 4.29. The van der Waals surface area contributed by atoms with Crippen molar-refractivity contribution in [3.8, 4) is 0 Å². The molecule has 1 rings (SSSR count). The van der Waals surface area contributed by atoms with Gasteiger partial charge in [-0.05, 0) is 18.8 Å². The van der Waals surface area contributed by atoms with E-state index in [2.05, 4.69) is 5.32 Å². The van der Waals surface area contributed by atoms with Crippen LogP contribution in [0.25, 0.3) is 0 Å². The molecule has 3 N–H and O–H groups in total. The van der Waals surface area contributed by atoms with Crippen molar-refractivity contribution in [1.82, 2.24) is 5.32 Å². The molecule has 3 atom stereocenters. The molecule has 0 aromatic carbocycles. The van der Waals surface area contributed by atoms with Gasteiger partial charge >= 0.3 is 0 Å². The van der Waals surface area contributed by atoms with Gasteiger partial charge in [0.15, 0.2) is 0 Å². The molecule has 0 aromatic rings. The van der Waals surface area contributed by atoms with Gasteiger partial charge in [0.2, 0.25) is 5.91 Å². The Morgan fingerprint density at radius 2 is 2.40 bits per heavy atom. The van der Waals surface area contributed by atoms with Gasteiger partial charge in [0, 0.05) is 13.2 Å². The van der Waals surface area contributed by atoms with Crippen LogP contribution in [-0.4, -0.2) is 31.2 Å². The summed E-state index contributed by atoms with van der Waals surface area (Å²) in [6.07, 6.45) is 3.25. The van der Waals surface area contributed by atoms with Gasteiger partial charge in [-0.25, -0.2) is 0 Å². The number of rotatable bonds is 5. The molecule has 4 heteroatoms. The number of hydrogen-bond donors (Lipinski definition) is 2. The van der Waals surface area contributed by atoms with Crippen LogP contribution in [0.5, 0.6) is 0 Å². The number of amides is 1. The molecule has 0 aliphatic carbocycles. The zero-order valence-corrected chi connectivity index (χ0v) is 9.66. The maximum Gasteiger partial charge on any atom is 0.237 e. The van der Waals surface area contributed by atoms with Crippen LogP contribution in [0.2, 0.25) is 0 Å². The highest BCUT2D eigenvalue weighted by Crippen LogP contribution is 2.11. The van der Waals surface area contributed by atoms with Gasteiger partial charge in [-0.3, -0.25) is 4.79 Å². The lowest BCUT2D eigenvalue weighted by molar-refractivity contribution is -0.123. The lowest BCUT2D eigenvalue weighted by Gasteiger charge is -2.19. The molecule has 1 saturated heterocycles. The molecule has 1 aliphatic heterocycles. The fourth-order valence-electron chi connectivity index (χ4n) is 1.65. The van der Waals surface area contributed by atoms with E-state index in [0.717, 1.165) is 25.9 Å². The van der Waals surface area contributed by atoms with Gasteiger partial charge in [-0.2, -0.15) is 0 Å². The molecule has 1 fully saturated rings. The Balaban J connectivity index is 2.22. The third-order valence-corrected chi connectivity index (χ3v) is 3.09. The third kappa shape index (κ3) is 3.80. The smallest absolute Gasteiger partial charge is 0.237 e. The van der Waals surface area contributed by atoms with E-state index in [-0.39, 0.29) is 17.9 Å². The molecule has 0 saturated carbocycles. The van der Waals surface area contributed by atoms with Crippen LogP contribution in [0.15, 0.2) is 0 Å². The number of nitrogens with one attached hydrogen (secondary N) is 1. The minimum absolute atomic E-state index is 0.0557. The van der Waals surface area contributed by atoms with Crippen molar-refractivity contribution in [2.45, 2.75) is 45.3 Å². The van der Waals surface area contributed by atoms with E-state index in [4.69, 9.17) is 10.5 Å². The highest BCUT2D eigenvalue weighted by molar-refractivity contribution is 5.81. The topological polar surface area (TPSA) is 64.4 Å². The van der Waals surface area contributed by atoms with Crippen LogP contribution >= 0.6 is 0 Å². The first-order valence-corrected chi connectivity index (χ1v) is 5.80. The molecule has 15 heavy (non-hydrogen) atoms. The summed E-state index contributed by atoms with van der Waals surface area (Å²) in [7, 11) is 0. The molecule has 0 aromatic heterocycles. The molecule has 1 amide bonds. The Morgan fingerprint density at radius 1 is 1.67 bits per heavy atom. The predicted octanol–water partition coefficient (Wildman–Crippen LogP) is 0.655. The standard InChI is InChI=1S/C11H22N2O2/c1-3-8(2)10(12)11(14)13-7-9-5-4-6-15-9/h8-10H,3-7,12H2,1-2H3,(H,13,14)/t8-,9+,10-/m0/s1. The summed E-state index contributed by atoms with van der Waals surface area (Å²) < 4.78 is 5.41. The fourth-order valence-corrected chi connectivity index (χ4v) is 1.65. The quantitative estimate of drug-likeness (QED) is 0.706. The molecular formula is C11H22N2O2. The zero-order valence-electron chi connectivity index (χ0n) is 9.66. The molecular weight excluding hydrogens is 192 g/mol. The van der Waals surface area contributed by atoms with Crippen molar-refractivity contribution in [2.75, 3.05) is 13.2 Å². The zero-order chi connectivity index (χ0) is 11.3. The van der Waals surface area contributed by atoms with E-state index in [1.165, 1.54) is 0 Å². The minimum Gasteiger partial charge on any atom is -0.376 e. The second-order valence-electron chi connectivity index (χ2n) is 4.29. The second kappa shape index (κ2) is 6.08. The van der Waals surface area contributed by atoms with E-state index in [9.17, 15) is 4.79 Å². The SMILES string of the molecule is CC[C@H](C)[C@H](N)C(=O)NC[C@H]1CCCO1. The van der Waals surface area contributed by atoms with Crippen molar-refractivity contribution in [3.63, 3.8) is 0 Å². The Morgan fingerprint density at radius 3 is 2.93 bits per heavy atom. The number of ether oxygens (including phenoxy) is 1. The Labute approximate surface area is 91.5 Å². The first-order chi connectivity index (χ1) is 7.15. The van der Waals surface area contributed by atoms with Crippen LogP contribution in [0.3, 0.4) is 0 Å². The Bertz CT molecular complexity index is 203. The van der Waals surface area contributed by atoms with E-state index in [0.29, 0.717) is 6.54 Å². The van der Waals surface area contributed by atoms with Crippen molar-refractivity contribution in [1.29, 1.82) is 0 Å². The lowest BCUT2D eigenvalue weighted by atomic mass is 9.99. The van der Waals surface area contributed by atoms with Gasteiger partial charge in [0.05, 0.1) is 12.1 Å². The van der Waals surface area contributed by atoms with Gasteiger partial charge in [0.25, 0.3) is 0 Å². The normalized spacial score (nSPS) is 24.9. The summed E-state index contributed by atoms with van der Waals surface area (Å²) in [4.78, 5) is 11.6. The molecule has 0 radical (unpaired) electrons. The largest absolute Gasteiger partial charge is 0.376 e. The third-order valence-electron chi connectivity index (χ3n) is 3.09. The summed E-state index contributed by atoms with van der Waals surface area (Å²) in [6.45, 7) is 5.45. The number of carbonyl (C=O) groups is 1. The fraction of sp³-hybridized carbons (Fsp3) is 0.909. The molecule has 4 nitrogen and oxygen atoms in total. The minimum atomic E-state index is -0.392. The van der Waals surface area contributed by atoms with Crippen molar-refractivity contribution in [3.05, 3.63) is 0 Å². The van der Waals surface area contributed by atoms with Gasteiger partial charge in [-0.1, -0.05) is 20.3 Å². The van der Waals surface area contributed by atoms with E-state index in [1.54, 1.807) is 0 Å². The van der Waals surface area contributed by atoms with Crippen molar-refractivity contribution < 1.29 is 9.53 Å². The van der Waals surface area contributed by atoms with Crippen molar-refractivity contribution in [2.24, 2.45) is 11.7 Å². The number of hydrogen-bond acceptors (Lipinski definition) is 3. The summed E-state index contributed by atoms with van der Waals surface area (Å²) in [5.74, 6) is 0.175. The van der Waals surface area contributed by atoms with Gasteiger partial charge in [0.1, 0.15) is 0 Å². The van der Waals surface area contributed by atoms with E-state index < -0.39 is 6.04 Å². The summed E-state index contributed by atoms with van der Waals surface area (Å²) in [6, 6.07) is -0.392. The molecule has 0 spiro atoms. The molecule has 1 heterocycles. The molecule has 0 unspecified atom stereocenters. The number of carbonyl (C=O) groups excluding carboxylic acids is 1. The summed E-state index contributed by atoms with van der Waals surface area (Å²) in [5.41, 5.74) is 5.80. The van der Waals surface area contributed by atoms with Crippen LogP contribution < -0.4 is 11.1 Å². The molecule has 1 aliphatic rings. The van der Waals surface area contributed by atoms with E-state index >= 15 is 0 Å². The maximum atomic E-state index is 11.6. The Hall–Kier alpha value is -0.610. The average Bonchev–Trinajstić information content (AvgIpc) is 2.76. The predicted molar refractivity (Wildman–Crippen MR) is 59.4 cm³/mol. The highest BCUT2D eigenvalue weighted by Gasteiger charge is 2.21. The van der Waals surface area contributed by atoms with Gasteiger partial charge in [-0.15, -0.1) is 0 Å². The van der Waals surface area contributed by atoms with Crippen LogP contribution in [0.1, 0.15) is 33.1 Å². The number of nitrogens with two attached hydrogens (primary N) is 1. The average molecular weight is 214 g/mol. The lowest BCUT2D eigenvalue weighted by Crippen LogP contribution is -2.46. The maximum absolute atomic E-state index is 11.6. The first-order valence-electron chi connectivity index (χ1n) is 5.80. The summed E-state index contributed by atoms with van der Waals surface area (Å²) >= 11 is 0. The summed E-state index contributed by atoms with van der Waals surface area (Å²) in [5, 5.41) is 2.85. The molecule has 88 valence electrons. The van der Waals surface area contributed by atoms with E-state index in [1.807, 2.05) is 13.8 Å². The van der Waals surface area contributed by atoms with Crippen LogP contribution in [-0.2, 0) is 9.53 Å². The van der Waals surface area contributed by atoms with Crippen LogP contribution in [0.4, 0.5) is 0 Å². The Kier molecular flexibility index (Phi) is 5.05.